The van der Waals surface area contributed by atoms with Crippen molar-refractivity contribution in [1.82, 2.24) is 20.0 Å². The van der Waals surface area contributed by atoms with E-state index in [1.54, 1.807) is 18.3 Å². The highest BCUT2D eigenvalue weighted by Crippen LogP contribution is 2.23. The molecule has 1 saturated heterocycles. The maximum atomic E-state index is 12.6. The van der Waals surface area contributed by atoms with Gasteiger partial charge in [0.2, 0.25) is 11.8 Å². The molecule has 3 heterocycles. The summed E-state index contributed by atoms with van der Waals surface area (Å²) >= 11 is 1.77. The summed E-state index contributed by atoms with van der Waals surface area (Å²) in [6.07, 6.45) is 0.940. The van der Waals surface area contributed by atoms with Crippen molar-refractivity contribution in [2.24, 2.45) is 4.99 Å². The van der Waals surface area contributed by atoms with Crippen molar-refractivity contribution in [2.45, 2.75) is 26.8 Å². The van der Waals surface area contributed by atoms with Gasteiger partial charge in [0.15, 0.2) is 5.96 Å². The molecule has 27 heavy (non-hydrogen) atoms. The first-order valence-corrected chi connectivity index (χ1v) is 10.1. The Hall–Kier alpha value is -1.36. The summed E-state index contributed by atoms with van der Waals surface area (Å²) in [7, 11) is 0. The van der Waals surface area contributed by atoms with E-state index in [0.29, 0.717) is 19.6 Å². The quantitative estimate of drug-likeness (QED) is 0.383. The van der Waals surface area contributed by atoms with Crippen LogP contribution in [0.15, 0.2) is 16.4 Å². The van der Waals surface area contributed by atoms with Crippen molar-refractivity contribution in [3.63, 3.8) is 0 Å². The molecule has 1 fully saturated rings. The van der Waals surface area contributed by atoms with Crippen molar-refractivity contribution in [2.75, 3.05) is 45.8 Å². The zero-order chi connectivity index (χ0) is 18.5. The number of piperazine rings is 1. The molecule has 0 bridgehead atoms. The first-order chi connectivity index (χ1) is 12.6. The van der Waals surface area contributed by atoms with Crippen LogP contribution in [0.5, 0.6) is 0 Å². The lowest BCUT2D eigenvalue weighted by Crippen LogP contribution is -2.53. The van der Waals surface area contributed by atoms with Gasteiger partial charge in [-0.25, -0.2) is 4.99 Å². The molecular weight excluding hydrogens is 477 g/mol. The van der Waals surface area contributed by atoms with Gasteiger partial charge in [0.25, 0.3) is 0 Å². The van der Waals surface area contributed by atoms with Crippen LogP contribution in [-0.2, 0) is 22.6 Å². The van der Waals surface area contributed by atoms with Crippen LogP contribution < -0.4 is 5.32 Å². The van der Waals surface area contributed by atoms with Crippen LogP contribution in [0.3, 0.4) is 0 Å². The lowest BCUT2D eigenvalue weighted by atomic mass is 10.1. The molecule has 0 aliphatic carbocycles. The molecule has 2 aliphatic rings. The van der Waals surface area contributed by atoms with Crippen molar-refractivity contribution in [1.29, 1.82) is 0 Å². The fraction of sp³-hybridized carbons (Fsp3) is 0.611. The number of hydrogen-bond donors (Lipinski definition) is 1. The fourth-order valence-electron chi connectivity index (χ4n) is 3.36. The molecule has 0 spiro atoms. The molecule has 0 aromatic carbocycles. The number of rotatable bonds is 3. The topological polar surface area (TPSA) is 68.2 Å². The summed E-state index contributed by atoms with van der Waals surface area (Å²) in [6, 6.07) is 2.11. The minimum Gasteiger partial charge on any atom is -0.357 e. The minimum absolute atomic E-state index is 0. The summed E-state index contributed by atoms with van der Waals surface area (Å²) in [4.78, 5) is 35.9. The van der Waals surface area contributed by atoms with Gasteiger partial charge in [-0.2, -0.15) is 0 Å². The average Bonchev–Trinajstić information content (AvgIpc) is 3.12. The maximum Gasteiger partial charge on any atom is 0.244 e. The number of guanidine groups is 1. The van der Waals surface area contributed by atoms with Gasteiger partial charge in [-0.15, -0.1) is 35.3 Å². The largest absolute Gasteiger partial charge is 0.357 e. The lowest BCUT2D eigenvalue weighted by molar-refractivity contribution is -0.130. The van der Waals surface area contributed by atoms with Gasteiger partial charge >= 0.3 is 0 Å². The van der Waals surface area contributed by atoms with Gasteiger partial charge in [0, 0.05) is 57.6 Å². The molecule has 7 nitrogen and oxygen atoms in total. The van der Waals surface area contributed by atoms with Crippen molar-refractivity contribution in [3.05, 3.63) is 21.9 Å². The minimum atomic E-state index is 0. The van der Waals surface area contributed by atoms with Crippen LogP contribution in [-0.4, -0.2) is 78.3 Å². The smallest absolute Gasteiger partial charge is 0.244 e. The predicted octanol–water partition coefficient (Wildman–Crippen LogP) is 1.38. The van der Waals surface area contributed by atoms with E-state index in [-0.39, 0.29) is 42.3 Å². The monoisotopic (exact) mass is 505 g/mol. The number of aliphatic imine (C=N–C) groups is 1. The Morgan fingerprint density at radius 2 is 1.85 bits per heavy atom. The van der Waals surface area contributed by atoms with Crippen molar-refractivity contribution < 1.29 is 9.59 Å². The van der Waals surface area contributed by atoms with E-state index in [9.17, 15) is 9.59 Å². The summed E-state index contributed by atoms with van der Waals surface area (Å²) < 4.78 is 0. The first kappa shape index (κ1) is 21.9. The van der Waals surface area contributed by atoms with Gasteiger partial charge < -0.3 is 20.0 Å². The number of halogens is 1. The Labute approximate surface area is 181 Å². The van der Waals surface area contributed by atoms with Crippen LogP contribution in [0.25, 0.3) is 0 Å². The number of thiophene rings is 1. The Morgan fingerprint density at radius 3 is 2.52 bits per heavy atom. The molecule has 1 aromatic rings. The van der Waals surface area contributed by atoms with Crippen LogP contribution in [0.4, 0.5) is 0 Å². The third-order valence-electron chi connectivity index (χ3n) is 4.88. The van der Waals surface area contributed by atoms with E-state index < -0.39 is 0 Å². The molecule has 0 unspecified atom stereocenters. The number of hydrogen-bond acceptors (Lipinski definition) is 4. The highest BCUT2D eigenvalue weighted by molar-refractivity contribution is 14.0. The zero-order valence-corrected chi connectivity index (χ0v) is 19.1. The Bertz CT molecular complexity index is 685. The number of nitrogens with one attached hydrogen (secondary N) is 1. The van der Waals surface area contributed by atoms with E-state index in [4.69, 9.17) is 0 Å². The van der Waals surface area contributed by atoms with E-state index in [2.05, 4.69) is 26.7 Å². The van der Waals surface area contributed by atoms with Gasteiger partial charge in [-0.1, -0.05) is 0 Å². The summed E-state index contributed by atoms with van der Waals surface area (Å²) in [5.74, 6) is 0.941. The van der Waals surface area contributed by atoms with Gasteiger partial charge in [-0.05, 0) is 30.4 Å². The van der Waals surface area contributed by atoms with E-state index in [0.717, 1.165) is 38.6 Å². The second-order valence-corrected chi connectivity index (χ2v) is 7.60. The molecule has 9 heteroatoms. The van der Waals surface area contributed by atoms with Crippen LogP contribution in [0.1, 0.15) is 24.3 Å². The molecule has 0 radical (unpaired) electrons. The van der Waals surface area contributed by atoms with E-state index in [1.807, 2.05) is 16.7 Å². The normalized spacial score (nSPS) is 17.3. The standard InChI is InChI=1S/C18H27N5O2S.HI/c1-3-19-18(22-9-7-21(8-10-22)14(2)24)20-12-17(25)23-6-4-16-15(13-23)5-11-26-16;/h5,11H,3-4,6-10,12-13H2,1-2H3,(H,19,20);1H. The first-order valence-electron chi connectivity index (χ1n) is 9.20. The molecule has 1 aromatic heterocycles. The molecule has 2 amide bonds. The van der Waals surface area contributed by atoms with Crippen molar-refractivity contribution >= 4 is 53.1 Å². The SMILES string of the molecule is CCNC(=NCC(=O)N1CCc2sccc2C1)N1CCN(C(C)=O)CC1.I. The highest BCUT2D eigenvalue weighted by Gasteiger charge is 2.23. The number of fused-ring (bicyclic) bond motifs is 1. The number of nitrogens with zero attached hydrogens (tertiary/aromatic N) is 4. The summed E-state index contributed by atoms with van der Waals surface area (Å²) in [5.41, 5.74) is 1.27. The molecule has 150 valence electrons. The average molecular weight is 505 g/mol. The third kappa shape index (κ3) is 5.56. The summed E-state index contributed by atoms with van der Waals surface area (Å²) in [6.45, 7) is 8.87. The number of carbonyl (C=O) groups excluding carboxylic acids is 2. The predicted molar refractivity (Wildman–Crippen MR) is 119 cm³/mol. The zero-order valence-electron chi connectivity index (χ0n) is 15.9. The highest BCUT2D eigenvalue weighted by atomic mass is 127. The van der Waals surface area contributed by atoms with Gasteiger partial charge in [-0.3, -0.25) is 9.59 Å². The Morgan fingerprint density at radius 1 is 1.15 bits per heavy atom. The molecular formula is C18H28IN5O2S. The number of carbonyl (C=O) groups is 2. The third-order valence-corrected chi connectivity index (χ3v) is 5.91. The lowest BCUT2D eigenvalue weighted by Gasteiger charge is -2.36. The van der Waals surface area contributed by atoms with Gasteiger partial charge in [0.1, 0.15) is 6.54 Å². The van der Waals surface area contributed by atoms with E-state index >= 15 is 0 Å². The number of amides is 2. The Kier molecular flexibility index (Phi) is 8.33. The van der Waals surface area contributed by atoms with Crippen LogP contribution in [0.2, 0.25) is 0 Å². The van der Waals surface area contributed by atoms with Gasteiger partial charge in [0.05, 0.1) is 0 Å². The molecule has 0 atom stereocenters. The second kappa shape index (κ2) is 10.3. The fourth-order valence-corrected chi connectivity index (χ4v) is 4.25. The molecule has 3 rings (SSSR count). The summed E-state index contributed by atoms with van der Waals surface area (Å²) in [5, 5.41) is 5.37. The van der Waals surface area contributed by atoms with Crippen LogP contribution >= 0.6 is 35.3 Å². The maximum absolute atomic E-state index is 12.6. The Balaban J connectivity index is 0.00000261. The second-order valence-electron chi connectivity index (χ2n) is 6.60. The van der Waals surface area contributed by atoms with E-state index in [1.165, 1.54) is 10.4 Å². The van der Waals surface area contributed by atoms with Crippen LogP contribution in [0, 0.1) is 0 Å². The molecule has 0 saturated carbocycles. The molecule has 1 N–H and O–H groups in total. The molecule has 2 aliphatic heterocycles. The van der Waals surface area contributed by atoms with Crippen molar-refractivity contribution in [3.8, 4) is 0 Å².